The van der Waals surface area contributed by atoms with Crippen LogP contribution in [0.25, 0.3) is 0 Å². The van der Waals surface area contributed by atoms with E-state index in [-0.39, 0.29) is 18.1 Å². The molecule has 3 nitrogen and oxygen atoms in total. The molecule has 0 fully saturated rings. The molecular formula is C17H25NO2Si. The molecule has 1 unspecified atom stereocenters. The molecule has 1 aromatic rings. The van der Waals surface area contributed by atoms with Gasteiger partial charge in [-0.1, -0.05) is 51.1 Å². The van der Waals surface area contributed by atoms with E-state index in [4.69, 9.17) is 4.43 Å². The Hall–Kier alpha value is -1.44. The summed E-state index contributed by atoms with van der Waals surface area (Å²) >= 11 is 0. The van der Waals surface area contributed by atoms with E-state index in [0.717, 1.165) is 18.1 Å². The Morgan fingerprint density at radius 2 is 1.76 bits per heavy atom. The zero-order valence-corrected chi connectivity index (χ0v) is 14.3. The predicted octanol–water partition coefficient (Wildman–Crippen LogP) is 4.42. The lowest BCUT2D eigenvalue weighted by atomic mass is 10.0. The SMILES string of the molecule is CC[Si](CC)(CC)OCC(C#N)CC(=O)c1ccccc1. The van der Waals surface area contributed by atoms with Crippen molar-refractivity contribution in [1.82, 2.24) is 0 Å². The van der Waals surface area contributed by atoms with Crippen LogP contribution in [-0.4, -0.2) is 20.7 Å². The van der Waals surface area contributed by atoms with Gasteiger partial charge < -0.3 is 4.43 Å². The number of hydrogen-bond donors (Lipinski definition) is 0. The van der Waals surface area contributed by atoms with Gasteiger partial charge in [0.2, 0.25) is 0 Å². The molecule has 114 valence electrons. The zero-order valence-electron chi connectivity index (χ0n) is 13.3. The number of carbonyl (C=O) groups is 1. The number of nitrogens with zero attached hydrogens (tertiary/aromatic N) is 1. The second-order valence-corrected chi connectivity index (χ2v) is 10.2. The van der Waals surface area contributed by atoms with Crippen LogP contribution in [0.15, 0.2) is 30.3 Å². The van der Waals surface area contributed by atoms with Crippen LogP contribution in [0.3, 0.4) is 0 Å². The zero-order chi connectivity index (χ0) is 15.7. The summed E-state index contributed by atoms with van der Waals surface area (Å²) in [7, 11) is -1.69. The molecule has 0 spiro atoms. The van der Waals surface area contributed by atoms with Crippen molar-refractivity contribution in [3.8, 4) is 6.07 Å². The van der Waals surface area contributed by atoms with Crippen molar-refractivity contribution in [2.24, 2.45) is 5.92 Å². The van der Waals surface area contributed by atoms with E-state index in [1.807, 2.05) is 18.2 Å². The molecule has 0 amide bonds. The molecule has 21 heavy (non-hydrogen) atoms. The van der Waals surface area contributed by atoms with Crippen molar-refractivity contribution in [1.29, 1.82) is 5.26 Å². The van der Waals surface area contributed by atoms with E-state index in [1.165, 1.54) is 0 Å². The van der Waals surface area contributed by atoms with Gasteiger partial charge in [-0.2, -0.15) is 5.26 Å². The number of benzene rings is 1. The number of Topliss-reactive ketones (excluding diaryl/α,β-unsaturated/α-hetero) is 1. The summed E-state index contributed by atoms with van der Waals surface area (Å²) in [5.41, 5.74) is 0.669. The molecule has 4 heteroatoms. The lowest BCUT2D eigenvalue weighted by Crippen LogP contribution is -2.37. The highest BCUT2D eigenvalue weighted by atomic mass is 28.4. The molecule has 1 aromatic carbocycles. The maximum atomic E-state index is 12.2. The van der Waals surface area contributed by atoms with E-state index in [0.29, 0.717) is 12.2 Å². The van der Waals surface area contributed by atoms with Crippen LogP contribution in [0.1, 0.15) is 37.6 Å². The van der Waals surface area contributed by atoms with Crippen LogP contribution in [-0.2, 0) is 4.43 Å². The Bertz CT molecular complexity index is 469. The third kappa shape index (κ3) is 5.11. The van der Waals surface area contributed by atoms with Gasteiger partial charge in [-0.3, -0.25) is 4.79 Å². The van der Waals surface area contributed by atoms with Crippen LogP contribution in [0.4, 0.5) is 0 Å². The summed E-state index contributed by atoms with van der Waals surface area (Å²) in [6.07, 6.45) is 0.238. The van der Waals surface area contributed by atoms with Gasteiger partial charge in [-0.25, -0.2) is 0 Å². The van der Waals surface area contributed by atoms with Gasteiger partial charge in [0.1, 0.15) is 0 Å². The van der Waals surface area contributed by atoms with Crippen molar-refractivity contribution in [2.45, 2.75) is 45.3 Å². The standard InChI is InChI=1S/C17H25NO2Si/c1-4-21(5-2,6-3)20-14-15(13-18)12-17(19)16-10-8-7-9-11-16/h7-11,15H,4-6,12,14H2,1-3H3. The smallest absolute Gasteiger partial charge is 0.192 e. The maximum absolute atomic E-state index is 12.2. The first kappa shape index (κ1) is 17.6. The average molecular weight is 303 g/mol. The summed E-state index contributed by atoms with van der Waals surface area (Å²) < 4.78 is 6.13. The lowest BCUT2D eigenvalue weighted by molar-refractivity contribution is 0.0956. The maximum Gasteiger partial charge on any atom is 0.192 e. The Morgan fingerprint density at radius 1 is 1.19 bits per heavy atom. The predicted molar refractivity (Wildman–Crippen MR) is 87.6 cm³/mol. The Morgan fingerprint density at radius 3 is 2.24 bits per heavy atom. The second kappa shape index (κ2) is 8.76. The van der Waals surface area contributed by atoms with Crippen molar-refractivity contribution in [2.75, 3.05) is 6.61 Å². The van der Waals surface area contributed by atoms with Crippen LogP contribution >= 0.6 is 0 Å². The van der Waals surface area contributed by atoms with Gasteiger partial charge in [0, 0.05) is 12.0 Å². The highest BCUT2D eigenvalue weighted by Gasteiger charge is 2.30. The van der Waals surface area contributed by atoms with Gasteiger partial charge in [0.05, 0.1) is 18.6 Å². The molecule has 0 aliphatic heterocycles. The van der Waals surface area contributed by atoms with Gasteiger partial charge in [0.25, 0.3) is 0 Å². The van der Waals surface area contributed by atoms with Crippen LogP contribution in [0, 0.1) is 17.2 Å². The molecule has 0 saturated heterocycles. The average Bonchev–Trinajstić information content (AvgIpc) is 2.56. The number of nitriles is 1. The minimum absolute atomic E-state index is 0.0162. The molecule has 0 aliphatic carbocycles. The van der Waals surface area contributed by atoms with Crippen molar-refractivity contribution in [3.63, 3.8) is 0 Å². The summed E-state index contributed by atoms with van der Waals surface area (Å²) in [6.45, 7) is 6.87. The first-order valence-corrected chi connectivity index (χ1v) is 10.3. The molecule has 0 N–H and O–H groups in total. The van der Waals surface area contributed by atoms with Crippen molar-refractivity contribution >= 4 is 14.1 Å². The van der Waals surface area contributed by atoms with Crippen molar-refractivity contribution < 1.29 is 9.22 Å². The van der Waals surface area contributed by atoms with Crippen LogP contribution in [0.5, 0.6) is 0 Å². The number of hydrogen-bond acceptors (Lipinski definition) is 3. The normalized spacial score (nSPS) is 12.7. The molecule has 0 bridgehead atoms. The monoisotopic (exact) mass is 303 g/mol. The number of ketones is 1. The van der Waals surface area contributed by atoms with Crippen LogP contribution in [0.2, 0.25) is 18.1 Å². The summed E-state index contributed by atoms with van der Waals surface area (Å²) in [6, 6.07) is 14.6. The minimum Gasteiger partial charge on any atom is -0.415 e. The fraction of sp³-hybridized carbons (Fsp3) is 0.529. The Kier molecular flexibility index (Phi) is 7.34. The lowest BCUT2D eigenvalue weighted by Gasteiger charge is -2.28. The molecular weight excluding hydrogens is 278 g/mol. The first-order chi connectivity index (χ1) is 10.1. The first-order valence-electron chi connectivity index (χ1n) is 7.72. The Balaban J connectivity index is 2.60. The van der Waals surface area contributed by atoms with Gasteiger partial charge in [0.15, 0.2) is 14.1 Å². The minimum atomic E-state index is -1.69. The molecule has 1 atom stereocenters. The molecule has 0 aliphatic rings. The van der Waals surface area contributed by atoms with E-state index < -0.39 is 8.32 Å². The number of rotatable bonds is 9. The molecule has 0 aromatic heterocycles. The van der Waals surface area contributed by atoms with Gasteiger partial charge in [-0.05, 0) is 18.1 Å². The van der Waals surface area contributed by atoms with E-state index in [9.17, 15) is 10.1 Å². The highest BCUT2D eigenvalue weighted by Crippen LogP contribution is 2.23. The van der Waals surface area contributed by atoms with E-state index in [1.54, 1.807) is 12.1 Å². The molecule has 1 rings (SSSR count). The molecule has 0 heterocycles. The topological polar surface area (TPSA) is 50.1 Å². The van der Waals surface area contributed by atoms with Crippen molar-refractivity contribution in [3.05, 3.63) is 35.9 Å². The summed E-state index contributed by atoms with van der Waals surface area (Å²) in [4.78, 5) is 12.2. The Labute approximate surface area is 129 Å². The van der Waals surface area contributed by atoms with E-state index >= 15 is 0 Å². The summed E-state index contributed by atoms with van der Waals surface area (Å²) in [5.74, 6) is -0.336. The largest absolute Gasteiger partial charge is 0.415 e. The van der Waals surface area contributed by atoms with Gasteiger partial charge in [-0.15, -0.1) is 0 Å². The highest BCUT2D eigenvalue weighted by molar-refractivity contribution is 6.73. The van der Waals surface area contributed by atoms with Gasteiger partial charge >= 0.3 is 0 Å². The molecule has 0 saturated carbocycles. The fourth-order valence-electron chi connectivity index (χ4n) is 2.44. The third-order valence-electron chi connectivity index (χ3n) is 4.23. The number of carbonyl (C=O) groups excluding carboxylic acids is 1. The fourth-order valence-corrected chi connectivity index (χ4v) is 5.11. The van der Waals surface area contributed by atoms with E-state index in [2.05, 4.69) is 26.8 Å². The summed E-state index contributed by atoms with van der Waals surface area (Å²) in [5, 5.41) is 9.27. The quantitative estimate of drug-likeness (QED) is 0.501. The second-order valence-electron chi connectivity index (χ2n) is 5.37. The van der Waals surface area contributed by atoms with Crippen LogP contribution < -0.4 is 0 Å². The third-order valence-corrected chi connectivity index (χ3v) is 8.88. The molecule has 0 radical (unpaired) electrons.